The van der Waals surface area contributed by atoms with Gasteiger partial charge in [0.05, 0.1) is 17.3 Å². The minimum absolute atomic E-state index is 0.0995. The maximum atomic E-state index is 12.1. The van der Waals surface area contributed by atoms with Crippen molar-refractivity contribution in [2.75, 3.05) is 0 Å². The number of hydrogen-bond acceptors (Lipinski definition) is 4. The predicted molar refractivity (Wildman–Crippen MR) is 107 cm³/mol. The summed E-state index contributed by atoms with van der Waals surface area (Å²) in [7, 11) is 0. The Kier molecular flexibility index (Phi) is 3.87. The van der Waals surface area contributed by atoms with Crippen LogP contribution in [0.25, 0.3) is 0 Å². The predicted octanol–water partition coefficient (Wildman–Crippen LogP) is 4.37. The first-order valence-electron chi connectivity index (χ1n) is 10.6. The summed E-state index contributed by atoms with van der Waals surface area (Å²) in [6.07, 6.45) is 8.87. The van der Waals surface area contributed by atoms with Gasteiger partial charge in [0.25, 0.3) is 0 Å². The molecule has 3 fully saturated rings. The van der Waals surface area contributed by atoms with Crippen LogP contribution in [0, 0.1) is 22.7 Å². The number of hydrogen-bond donors (Lipinski definition) is 3. The molecule has 1 heterocycles. The van der Waals surface area contributed by atoms with Crippen molar-refractivity contribution in [2.24, 2.45) is 22.7 Å². The monoisotopic (exact) mass is 388 g/mol. The SMILES string of the molecule is C[C@]12CC[C@H]3[C@@H](CCC4=C[C@@H](O)CC[C@@]43C)[C@@]1(O)CC[C@]2(O)c1ccsc1. The molecule has 3 saturated carbocycles. The molecule has 0 unspecified atom stereocenters. The van der Waals surface area contributed by atoms with E-state index in [2.05, 4.69) is 25.3 Å². The molecule has 0 radical (unpaired) electrons. The van der Waals surface area contributed by atoms with Gasteiger partial charge in [0.1, 0.15) is 0 Å². The highest BCUT2D eigenvalue weighted by atomic mass is 32.1. The molecular formula is C23H32O3S. The highest BCUT2D eigenvalue weighted by Crippen LogP contribution is 2.71. The highest BCUT2D eigenvalue weighted by molar-refractivity contribution is 7.08. The summed E-state index contributed by atoms with van der Waals surface area (Å²) in [5.74, 6) is 0.689. The number of fused-ring (bicyclic) bond motifs is 5. The van der Waals surface area contributed by atoms with Crippen LogP contribution in [0.15, 0.2) is 28.5 Å². The van der Waals surface area contributed by atoms with Gasteiger partial charge >= 0.3 is 0 Å². The van der Waals surface area contributed by atoms with Gasteiger partial charge in [-0.25, -0.2) is 0 Å². The van der Waals surface area contributed by atoms with Crippen molar-refractivity contribution in [3.8, 4) is 0 Å². The molecule has 0 amide bonds. The number of aliphatic hydroxyl groups excluding tert-OH is 1. The third-order valence-electron chi connectivity index (χ3n) is 9.42. The number of rotatable bonds is 1. The van der Waals surface area contributed by atoms with E-state index >= 15 is 0 Å². The van der Waals surface area contributed by atoms with Gasteiger partial charge in [-0.1, -0.05) is 25.5 Å². The molecule has 4 aliphatic rings. The first-order chi connectivity index (χ1) is 12.7. The average molecular weight is 389 g/mol. The number of thiophene rings is 1. The molecule has 0 aliphatic heterocycles. The Labute approximate surface area is 166 Å². The van der Waals surface area contributed by atoms with Gasteiger partial charge in [0, 0.05) is 5.41 Å². The molecule has 1 aromatic heterocycles. The van der Waals surface area contributed by atoms with Crippen molar-refractivity contribution in [2.45, 2.75) is 82.5 Å². The number of allylic oxidation sites excluding steroid dienone is 1. The van der Waals surface area contributed by atoms with Crippen molar-refractivity contribution >= 4 is 11.3 Å². The lowest BCUT2D eigenvalue weighted by Crippen LogP contribution is -2.63. The fraction of sp³-hybridized carbons (Fsp3) is 0.739. The van der Waals surface area contributed by atoms with Gasteiger partial charge in [-0.3, -0.25) is 0 Å². The highest BCUT2D eigenvalue weighted by Gasteiger charge is 2.71. The second kappa shape index (κ2) is 5.69. The minimum atomic E-state index is -0.924. The van der Waals surface area contributed by atoms with Gasteiger partial charge in [0.2, 0.25) is 0 Å². The topological polar surface area (TPSA) is 60.7 Å². The first-order valence-corrected chi connectivity index (χ1v) is 11.6. The third-order valence-corrected chi connectivity index (χ3v) is 10.1. The lowest BCUT2D eigenvalue weighted by molar-refractivity contribution is -0.221. The Balaban J connectivity index is 1.56. The van der Waals surface area contributed by atoms with E-state index in [0.29, 0.717) is 18.8 Å². The third kappa shape index (κ3) is 2.13. The summed E-state index contributed by atoms with van der Waals surface area (Å²) < 4.78 is 0. The molecule has 1 aromatic rings. The first kappa shape index (κ1) is 18.4. The van der Waals surface area contributed by atoms with E-state index in [4.69, 9.17) is 0 Å². The van der Waals surface area contributed by atoms with Crippen molar-refractivity contribution < 1.29 is 15.3 Å². The van der Waals surface area contributed by atoms with Gasteiger partial charge in [-0.2, -0.15) is 11.3 Å². The molecule has 0 spiro atoms. The molecule has 0 bridgehead atoms. The van der Waals surface area contributed by atoms with Crippen LogP contribution in [-0.4, -0.2) is 27.0 Å². The van der Waals surface area contributed by atoms with Crippen LogP contribution in [0.4, 0.5) is 0 Å². The fourth-order valence-corrected chi connectivity index (χ4v) is 8.38. The van der Waals surface area contributed by atoms with Crippen LogP contribution in [-0.2, 0) is 5.60 Å². The molecule has 3 N–H and O–H groups in total. The van der Waals surface area contributed by atoms with Crippen molar-refractivity contribution in [1.82, 2.24) is 0 Å². The molecule has 4 aliphatic carbocycles. The van der Waals surface area contributed by atoms with Gasteiger partial charge < -0.3 is 15.3 Å². The van der Waals surface area contributed by atoms with E-state index in [0.717, 1.165) is 44.1 Å². The van der Waals surface area contributed by atoms with Gasteiger partial charge in [-0.05, 0) is 91.0 Å². The van der Waals surface area contributed by atoms with Crippen LogP contribution in [0.3, 0.4) is 0 Å². The van der Waals surface area contributed by atoms with E-state index in [9.17, 15) is 15.3 Å². The minimum Gasteiger partial charge on any atom is -0.389 e. The molecule has 0 saturated heterocycles. The standard InChI is InChI=1S/C23H32O3S/c1-20-8-5-17(24)13-15(20)3-4-19-18(20)6-9-21(2)22(25,10-11-23(19,21)26)16-7-12-27-14-16/h7,12-14,17-19,24-26H,3-6,8-11H2,1-2H3/t17-,18-,19+,20-,21+,22-,23-/m0/s1. The van der Waals surface area contributed by atoms with E-state index in [1.54, 1.807) is 11.3 Å². The van der Waals surface area contributed by atoms with E-state index < -0.39 is 16.6 Å². The van der Waals surface area contributed by atoms with Crippen LogP contribution in [0.1, 0.15) is 70.8 Å². The van der Waals surface area contributed by atoms with Crippen LogP contribution in [0.2, 0.25) is 0 Å². The molecule has 3 nitrogen and oxygen atoms in total. The zero-order valence-electron chi connectivity index (χ0n) is 16.4. The largest absolute Gasteiger partial charge is 0.389 e. The van der Waals surface area contributed by atoms with Crippen LogP contribution >= 0.6 is 11.3 Å². The Hall–Kier alpha value is -0.680. The molecule has 5 rings (SSSR count). The normalized spacial score (nSPS) is 51.9. The quantitative estimate of drug-likeness (QED) is 0.626. The molecule has 148 valence electrons. The maximum Gasteiger partial charge on any atom is 0.0986 e. The van der Waals surface area contributed by atoms with Gasteiger partial charge in [0.15, 0.2) is 0 Å². The Morgan fingerprint density at radius 3 is 2.56 bits per heavy atom. The smallest absolute Gasteiger partial charge is 0.0986 e. The summed E-state index contributed by atoms with van der Waals surface area (Å²) in [4.78, 5) is 0. The lowest BCUT2D eigenvalue weighted by atomic mass is 9.44. The fourth-order valence-electron chi connectivity index (χ4n) is 7.66. The van der Waals surface area contributed by atoms with Crippen LogP contribution < -0.4 is 0 Å². The summed E-state index contributed by atoms with van der Waals surface area (Å²) >= 11 is 1.63. The second-order valence-corrected chi connectivity index (χ2v) is 10.9. The van der Waals surface area contributed by atoms with Crippen molar-refractivity contribution in [3.63, 3.8) is 0 Å². The molecule has 27 heavy (non-hydrogen) atoms. The van der Waals surface area contributed by atoms with E-state index in [1.807, 2.05) is 11.4 Å². The molecule has 0 aromatic carbocycles. The molecule has 4 heteroatoms. The summed E-state index contributed by atoms with van der Waals surface area (Å²) in [5, 5.41) is 38.1. The Bertz CT molecular complexity index is 773. The number of aliphatic hydroxyl groups is 3. The average Bonchev–Trinajstić information content (AvgIpc) is 3.24. The zero-order chi connectivity index (χ0) is 19.1. The Morgan fingerprint density at radius 1 is 1.00 bits per heavy atom. The summed E-state index contributed by atoms with van der Waals surface area (Å²) in [5.41, 5.74) is 0.286. The van der Waals surface area contributed by atoms with Crippen molar-refractivity contribution in [1.29, 1.82) is 0 Å². The van der Waals surface area contributed by atoms with Gasteiger partial charge in [-0.15, -0.1) is 0 Å². The second-order valence-electron chi connectivity index (χ2n) is 10.1. The molecule has 7 atom stereocenters. The summed E-state index contributed by atoms with van der Waals surface area (Å²) in [6.45, 7) is 4.51. The van der Waals surface area contributed by atoms with E-state index in [-0.39, 0.29) is 17.4 Å². The summed E-state index contributed by atoms with van der Waals surface area (Å²) in [6, 6.07) is 2.04. The lowest BCUT2D eigenvalue weighted by Gasteiger charge is -2.62. The molecular weight excluding hydrogens is 356 g/mol. The maximum absolute atomic E-state index is 12.1. The zero-order valence-corrected chi connectivity index (χ0v) is 17.3. The van der Waals surface area contributed by atoms with Crippen LogP contribution in [0.5, 0.6) is 0 Å². The van der Waals surface area contributed by atoms with Crippen molar-refractivity contribution in [3.05, 3.63) is 34.0 Å². The van der Waals surface area contributed by atoms with E-state index in [1.165, 1.54) is 5.57 Å². The Morgan fingerprint density at radius 2 is 1.81 bits per heavy atom.